The van der Waals surface area contributed by atoms with Gasteiger partial charge in [0.15, 0.2) is 22.7 Å². The van der Waals surface area contributed by atoms with Crippen molar-refractivity contribution in [3.05, 3.63) is 76.1 Å². The molecule has 2 aromatic heterocycles. The summed E-state index contributed by atoms with van der Waals surface area (Å²) < 4.78 is 42.0. The molecule has 136 valence electrons. The van der Waals surface area contributed by atoms with E-state index in [1.54, 1.807) is 29.8 Å². The minimum Gasteiger partial charge on any atom is -0.456 e. The first kappa shape index (κ1) is 15.4. The average Bonchev–Trinajstić information content (AvgIpc) is 3.05. The maximum absolute atomic E-state index is 14.5. The maximum atomic E-state index is 14.5. The lowest BCUT2D eigenvalue weighted by molar-refractivity contribution is 0.413. The second-order valence-electron chi connectivity index (χ2n) is 6.93. The summed E-state index contributed by atoms with van der Waals surface area (Å²) >= 11 is 0. The second kappa shape index (κ2) is 4.98. The van der Waals surface area contributed by atoms with Crippen LogP contribution < -0.4 is 10.2 Å². The number of hydrogen-bond donors (Lipinski definition) is 0. The first-order chi connectivity index (χ1) is 13.5. The van der Waals surface area contributed by atoms with Crippen LogP contribution in [0, 0.1) is 18.6 Å². The summed E-state index contributed by atoms with van der Waals surface area (Å²) in [5.74, 6) is -2.16. The van der Waals surface area contributed by atoms with Crippen molar-refractivity contribution in [1.29, 1.82) is 0 Å². The van der Waals surface area contributed by atoms with Crippen LogP contribution in [-0.4, -0.2) is 4.57 Å². The van der Waals surface area contributed by atoms with E-state index in [1.807, 2.05) is 24.3 Å². The number of fused-ring (bicyclic) bond motifs is 5. The van der Waals surface area contributed by atoms with E-state index in [0.29, 0.717) is 22.6 Å². The molecule has 4 nitrogen and oxygen atoms in total. The van der Waals surface area contributed by atoms with Gasteiger partial charge in [0.1, 0.15) is 16.7 Å². The van der Waals surface area contributed by atoms with E-state index in [2.05, 4.69) is 0 Å². The fourth-order valence-corrected chi connectivity index (χ4v) is 3.94. The maximum Gasteiger partial charge on any atom is 0.203 e. The predicted octanol–water partition coefficient (Wildman–Crippen LogP) is 5.58. The third-order valence-corrected chi connectivity index (χ3v) is 5.25. The molecule has 28 heavy (non-hydrogen) atoms. The Hall–Kier alpha value is -3.67. The summed E-state index contributed by atoms with van der Waals surface area (Å²) in [5, 5.41) is 1.78. The van der Waals surface area contributed by atoms with Crippen molar-refractivity contribution in [2.24, 2.45) is 0 Å². The van der Waals surface area contributed by atoms with Crippen molar-refractivity contribution in [3.8, 4) is 17.2 Å². The molecule has 0 N–H and O–H groups in total. The smallest absolute Gasteiger partial charge is 0.203 e. The zero-order valence-corrected chi connectivity index (χ0v) is 14.5. The van der Waals surface area contributed by atoms with Gasteiger partial charge >= 0.3 is 0 Å². The van der Waals surface area contributed by atoms with Gasteiger partial charge in [-0.2, -0.15) is 4.39 Å². The van der Waals surface area contributed by atoms with Crippen LogP contribution in [0.2, 0.25) is 0 Å². The number of nitrogens with zero attached hydrogens (tertiary/aromatic N) is 1. The van der Waals surface area contributed by atoms with Gasteiger partial charge < -0.3 is 13.7 Å². The molecular formula is C22H11F2NO3. The van der Waals surface area contributed by atoms with Gasteiger partial charge in [-0.15, -0.1) is 0 Å². The van der Waals surface area contributed by atoms with Crippen LogP contribution >= 0.6 is 0 Å². The molecule has 0 saturated heterocycles. The molecule has 0 saturated carbocycles. The van der Waals surface area contributed by atoms with Crippen molar-refractivity contribution in [3.63, 3.8) is 0 Å². The molecule has 0 atom stereocenters. The molecule has 6 heteroatoms. The normalized spacial score (nSPS) is 12.5. The molecule has 0 aliphatic carbocycles. The average molecular weight is 375 g/mol. The minimum atomic E-state index is -1.12. The largest absolute Gasteiger partial charge is 0.456 e. The molecule has 0 bridgehead atoms. The Balaban J connectivity index is 1.80. The van der Waals surface area contributed by atoms with Gasteiger partial charge in [0, 0.05) is 28.6 Å². The first-order valence-electron chi connectivity index (χ1n) is 8.70. The number of para-hydroxylation sites is 1. The van der Waals surface area contributed by atoms with Crippen molar-refractivity contribution in [2.75, 3.05) is 0 Å². The Morgan fingerprint density at radius 1 is 0.964 bits per heavy atom. The fraction of sp³-hybridized carbons (Fsp3) is 0.0455. The highest BCUT2D eigenvalue weighted by Crippen LogP contribution is 2.44. The van der Waals surface area contributed by atoms with E-state index in [0.717, 1.165) is 22.4 Å². The summed E-state index contributed by atoms with van der Waals surface area (Å²) in [4.78, 5) is 12.5. The molecule has 1 aliphatic heterocycles. The van der Waals surface area contributed by atoms with Gasteiger partial charge in [0.2, 0.25) is 5.82 Å². The van der Waals surface area contributed by atoms with E-state index in [4.69, 9.17) is 9.15 Å². The number of hydrogen-bond acceptors (Lipinski definition) is 3. The van der Waals surface area contributed by atoms with Gasteiger partial charge in [-0.3, -0.25) is 4.79 Å². The van der Waals surface area contributed by atoms with Gasteiger partial charge in [0.25, 0.3) is 0 Å². The summed E-state index contributed by atoms with van der Waals surface area (Å²) in [6.45, 7) is 1.64. The zero-order valence-electron chi connectivity index (χ0n) is 14.5. The van der Waals surface area contributed by atoms with E-state index in [-0.39, 0.29) is 22.1 Å². The summed E-state index contributed by atoms with van der Waals surface area (Å²) in [7, 11) is 0. The number of halogens is 2. The lowest BCUT2D eigenvalue weighted by Gasteiger charge is -2.24. The van der Waals surface area contributed by atoms with E-state index < -0.39 is 11.6 Å². The van der Waals surface area contributed by atoms with Crippen LogP contribution in [0.15, 0.2) is 57.9 Å². The van der Waals surface area contributed by atoms with E-state index in [1.165, 1.54) is 0 Å². The van der Waals surface area contributed by atoms with Crippen LogP contribution in [-0.2, 0) is 0 Å². The second-order valence-corrected chi connectivity index (χ2v) is 6.93. The van der Waals surface area contributed by atoms with Gasteiger partial charge in [-0.05, 0) is 25.1 Å². The Morgan fingerprint density at radius 3 is 2.64 bits per heavy atom. The topological polar surface area (TPSA) is 44.4 Å². The highest BCUT2D eigenvalue weighted by atomic mass is 19.2. The van der Waals surface area contributed by atoms with Gasteiger partial charge in [-0.25, -0.2) is 4.39 Å². The monoisotopic (exact) mass is 375 g/mol. The van der Waals surface area contributed by atoms with Crippen LogP contribution in [0.25, 0.3) is 38.5 Å². The number of furan rings is 1. The lowest BCUT2D eigenvalue weighted by Crippen LogP contribution is -2.16. The summed E-state index contributed by atoms with van der Waals surface area (Å²) in [6, 6.07) is 12.0. The molecular weight excluding hydrogens is 364 g/mol. The summed E-state index contributed by atoms with van der Waals surface area (Å²) in [5.41, 5.74) is 2.22. The number of rotatable bonds is 0. The number of aromatic nitrogens is 1. The lowest BCUT2D eigenvalue weighted by atomic mass is 10.1. The molecule has 0 unspecified atom stereocenters. The standard InChI is InChI=1S/C22H11F2NO3/c1-10-9-25-15-8-17-12(11-4-2-3-5-16(11)27-17)7-18(15)28-22-19(24)14(23)6-13(20(22)25)21(10)26/h2-9H,1H3. The number of aryl methyl sites for hydroxylation is 1. The molecule has 0 radical (unpaired) electrons. The van der Waals surface area contributed by atoms with Gasteiger partial charge in [-0.1, -0.05) is 18.2 Å². The minimum absolute atomic E-state index is 0.0734. The van der Waals surface area contributed by atoms with Crippen LogP contribution in [0.3, 0.4) is 0 Å². The van der Waals surface area contributed by atoms with Crippen molar-refractivity contribution >= 4 is 32.8 Å². The Morgan fingerprint density at radius 2 is 1.79 bits per heavy atom. The fourth-order valence-electron chi connectivity index (χ4n) is 3.94. The third-order valence-electron chi connectivity index (χ3n) is 5.25. The van der Waals surface area contributed by atoms with Crippen molar-refractivity contribution < 1.29 is 17.9 Å². The molecule has 3 aromatic carbocycles. The Bertz CT molecular complexity index is 1550. The molecule has 5 aromatic rings. The third kappa shape index (κ3) is 1.79. The number of ether oxygens (including phenoxy) is 1. The van der Waals surface area contributed by atoms with Crippen LogP contribution in [0.4, 0.5) is 8.78 Å². The number of benzene rings is 3. The molecule has 0 spiro atoms. The first-order valence-corrected chi connectivity index (χ1v) is 8.70. The van der Waals surface area contributed by atoms with Gasteiger partial charge in [0.05, 0.1) is 11.1 Å². The van der Waals surface area contributed by atoms with Crippen molar-refractivity contribution in [1.82, 2.24) is 4.57 Å². The Labute approximate surface area is 156 Å². The quantitative estimate of drug-likeness (QED) is 0.348. The van der Waals surface area contributed by atoms with E-state index in [9.17, 15) is 13.6 Å². The molecule has 0 fully saturated rings. The number of pyridine rings is 1. The highest BCUT2D eigenvalue weighted by molar-refractivity contribution is 6.06. The summed E-state index contributed by atoms with van der Waals surface area (Å²) in [6.07, 6.45) is 1.61. The highest BCUT2D eigenvalue weighted by Gasteiger charge is 2.27. The predicted molar refractivity (Wildman–Crippen MR) is 102 cm³/mol. The molecule has 0 amide bonds. The Kier molecular flexibility index (Phi) is 2.74. The zero-order chi connectivity index (χ0) is 19.2. The van der Waals surface area contributed by atoms with Crippen LogP contribution in [0.1, 0.15) is 5.56 Å². The molecule has 3 heterocycles. The SMILES string of the molecule is Cc1cn2c3c(c(F)c(F)cc3c1=O)Oc1cc3c(cc1-2)oc1ccccc13. The molecule has 6 rings (SSSR count). The van der Waals surface area contributed by atoms with Crippen LogP contribution in [0.5, 0.6) is 11.5 Å². The van der Waals surface area contributed by atoms with Crippen molar-refractivity contribution in [2.45, 2.75) is 6.92 Å². The molecule has 1 aliphatic rings. The van der Waals surface area contributed by atoms with E-state index >= 15 is 0 Å².